The third kappa shape index (κ3) is 3.18. The Morgan fingerprint density at radius 1 is 1.18 bits per heavy atom. The van der Waals surface area contributed by atoms with Gasteiger partial charge in [0.1, 0.15) is 5.01 Å². The van der Waals surface area contributed by atoms with Crippen LogP contribution in [0.3, 0.4) is 0 Å². The first kappa shape index (κ1) is 14.7. The fourth-order valence-corrected chi connectivity index (χ4v) is 3.43. The number of aromatic nitrogens is 2. The molecule has 2 amide bonds. The smallest absolute Gasteiger partial charge is 0.293 e. The van der Waals surface area contributed by atoms with Gasteiger partial charge in [-0.2, -0.15) is 0 Å². The second kappa shape index (κ2) is 6.29. The molecule has 0 spiro atoms. The molecule has 1 saturated heterocycles. The summed E-state index contributed by atoms with van der Waals surface area (Å²) >= 11 is 2.22. The Kier molecular flexibility index (Phi) is 4.21. The van der Waals surface area contributed by atoms with E-state index in [0.29, 0.717) is 21.5 Å². The van der Waals surface area contributed by atoms with Crippen molar-refractivity contribution in [3.8, 4) is 0 Å². The van der Waals surface area contributed by atoms with Crippen molar-refractivity contribution in [1.82, 2.24) is 15.1 Å². The monoisotopic (exact) mass is 332 g/mol. The van der Waals surface area contributed by atoms with Gasteiger partial charge in [-0.3, -0.25) is 14.5 Å². The highest BCUT2D eigenvalue weighted by atomic mass is 32.2. The third-order valence-corrected chi connectivity index (χ3v) is 4.72. The molecule has 2 aromatic rings. The van der Waals surface area contributed by atoms with Crippen molar-refractivity contribution in [2.24, 2.45) is 0 Å². The van der Waals surface area contributed by atoms with E-state index in [0.717, 1.165) is 17.3 Å². The maximum absolute atomic E-state index is 12.3. The van der Waals surface area contributed by atoms with E-state index in [4.69, 9.17) is 5.73 Å². The molecule has 2 N–H and O–H groups in total. The number of thioether (sulfide) groups is 1. The van der Waals surface area contributed by atoms with Crippen LogP contribution in [0.15, 0.2) is 35.2 Å². The van der Waals surface area contributed by atoms with Crippen LogP contribution in [0.4, 0.5) is 9.93 Å². The largest absolute Gasteiger partial charge is 0.374 e. The fourth-order valence-electron chi connectivity index (χ4n) is 1.97. The first-order valence-electron chi connectivity index (χ1n) is 6.52. The van der Waals surface area contributed by atoms with Crippen molar-refractivity contribution in [3.63, 3.8) is 0 Å². The maximum Gasteiger partial charge on any atom is 0.293 e. The maximum atomic E-state index is 12.3. The lowest BCUT2D eigenvalue weighted by atomic mass is 10.2. The number of rotatable bonds is 4. The molecule has 0 bridgehead atoms. The molecule has 0 unspecified atom stereocenters. The number of nitrogen functional groups attached to an aromatic ring is 1. The van der Waals surface area contributed by atoms with Crippen LogP contribution in [-0.2, 0) is 11.2 Å². The van der Waals surface area contributed by atoms with Gasteiger partial charge in [-0.25, -0.2) is 0 Å². The summed E-state index contributed by atoms with van der Waals surface area (Å²) in [6.07, 6.45) is 2.19. The van der Waals surface area contributed by atoms with Crippen molar-refractivity contribution in [2.45, 2.75) is 6.42 Å². The van der Waals surface area contributed by atoms with Crippen LogP contribution in [-0.4, -0.2) is 32.8 Å². The van der Waals surface area contributed by atoms with E-state index in [1.54, 1.807) is 6.08 Å². The number of benzene rings is 1. The second-order valence-corrected chi connectivity index (χ2v) is 6.61. The molecule has 1 aromatic carbocycles. The number of imide groups is 1. The molecule has 0 atom stereocenters. The Balaban J connectivity index is 1.70. The number of carbonyl (C=O) groups excluding carboxylic acids is 2. The van der Waals surface area contributed by atoms with Crippen LogP contribution < -0.4 is 5.73 Å². The first-order chi connectivity index (χ1) is 10.6. The molecular weight excluding hydrogens is 320 g/mol. The Bertz CT molecular complexity index is 742. The number of hydrogen-bond donors (Lipinski definition) is 1. The first-order valence-corrected chi connectivity index (χ1v) is 8.15. The predicted molar refractivity (Wildman–Crippen MR) is 87.1 cm³/mol. The highest BCUT2D eigenvalue weighted by Gasteiger charge is 2.34. The molecule has 0 aliphatic carbocycles. The zero-order valence-electron chi connectivity index (χ0n) is 11.4. The summed E-state index contributed by atoms with van der Waals surface area (Å²) in [4.78, 5) is 26.0. The number of amides is 2. The van der Waals surface area contributed by atoms with Crippen molar-refractivity contribution >= 4 is 45.5 Å². The quantitative estimate of drug-likeness (QED) is 0.865. The summed E-state index contributed by atoms with van der Waals surface area (Å²) in [6, 6.07) is 9.44. The van der Waals surface area contributed by atoms with Crippen LogP contribution >= 0.6 is 23.1 Å². The highest BCUT2D eigenvalue weighted by molar-refractivity contribution is 8.18. The van der Waals surface area contributed by atoms with E-state index >= 15 is 0 Å². The number of anilines is 1. The highest BCUT2D eigenvalue weighted by Crippen LogP contribution is 2.32. The fraction of sp³-hybridized carbons (Fsp3) is 0.143. The summed E-state index contributed by atoms with van der Waals surface area (Å²) in [5.41, 5.74) is 6.40. The minimum atomic E-state index is -0.267. The summed E-state index contributed by atoms with van der Waals surface area (Å²) < 4.78 is 0. The Morgan fingerprint density at radius 3 is 2.64 bits per heavy atom. The molecular formula is C14H12N4O2S2. The van der Waals surface area contributed by atoms with Gasteiger partial charge in [-0.05, 0) is 23.4 Å². The minimum absolute atomic E-state index is 0.260. The lowest BCUT2D eigenvalue weighted by Gasteiger charge is -2.10. The van der Waals surface area contributed by atoms with Gasteiger partial charge < -0.3 is 5.73 Å². The van der Waals surface area contributed by atoms with Gasteiger partial charge >= 0.3 is 0 Å². The van der Waals surface area contributed by atoms with Crippen molar-refractivity contribution in [2.75, 3.05) is 12.3 Å². The van der Waals surface area contributed by atoms with Crippen molar-refractivity contribution in [1.29, 1.82) is 0 Å². The molecule has 1 aliphatic rings. The topological polar surface area (TPSA) is 89.2 Å². The summed E-state index contributed by atoms with van der Waals surface area (Å²) in [5.74, 6) is -0.267. The summed E-state index contributed by atoms with van der Waals surface area (Å²) in [5, 5.41) is 8.43. The van der Waals surface area contributed by atoms with Gasteiger partial charge in [0, 0.05) is 13.0 Å². The molecule has 8 heteroatoms. The Labute approximate surface area is 135 Å². The lowest BCUT2D eigenvalue weighted by Crippen LogP contribution is -2.30. The van der Waals surface area contributed by atoms with Crippen molar-refractivity contribution in [3.05, 3.63) is 45.8 Å². The number of nitrogens with two attached hydrogens (primary N) is 1. The molecule has 1 fully saturated rings. The van der Waals surface area contributed by atoms with Crippen molar-refractivity contribution < 1.29 is 9.59 Å². The Hall–Kier alpha value is -2.19. The van der Waals surface area contributed by atoms with Gasteiger partial charge in [0.2, 0.25) is 5.13 Å². The molecule has 3 rings (SSSR count). The lowest BCUT2D eigenvalue weighted by molar-refractivity contribution is -0.122. The molecule has 1 aromatic heterocycles. The van der Waals surface area contributed by atoms with E-state index in [1.165, 1.54) is 16.2 Å². The normalized spacial score (nSPS) is 16.7. The van der Waals surface area contributed by atoms with E-state index in [1.807, 2.05) is 30.3 Å². The Morgan fingerprint density at radius 2 is 1.95 bits per heavy atom. The summed E-state index contributed by atoms with van der Waals surface area (Å²) in [7, 11) is 0. The number of nitrogens with zero attached hydrogens (tertiary/aromatic N) is 3. The SMILES string of the molecule is Nc1nnc(CCN2C(=O)S/C(=C\c3ccccc3)C2=O)s1. The van der Waals surface area contributed by atoms with Gasteiger partial charge in [0.15, 0.2) is 0 Å². The third-order valence-electron chi connectivity index (χ3n) is 3.00. The van der Waals surface area contributed by atoms with Crippen LogP contribution in [0.1, 0.15) is 10.6 Å². The predicted octanol–water partition coefficient (Wildman–Crippen LogP) is 2.40. The molecule has 2 heterocycles. The van der Waals surface area contributed by atoms with E-state index in [9.17, 15) is 9.59 Å². The van der Waals surface area contributed by atoms with Gasteiger partial charge in [-0.15, -0.1) is 10.2 Å². The molecule has 112 valence electrons. The van der Waals surface area contributed by atoms with E-state index < -0.39 is 0 Å². The van der Waals surface area contributed by atoms with Crippen LogP contribution in [0.5, 0.6) is 0 Å². The second-order valence-electron chi connectivity index (χ2n) is 4.53. The molecule has 6 nitrogen and oxygen atoms in total. The number of carbonyl (C=O) groups is 2. The minimum Gasteiger partial charge on any atom is -0.374 e. The van der Waals surface area contributed by atoms with Crippen LogP contribution in [0.2, 0.25) is 0 Å². The number of hydrogen-bond acceptors (Lipinski definition) is 7. The molecule has 1 aliphatic heterocycles. The van der Waals surface area contributed by atoms with E-state index in [-0.39, 0.29) is 17.7 Å². The van der Waals surface area contributed by atoms with Gasteiger partial charge in [0.25, 0.3) is 11.1 Å². The molecule has 0 radical (unpaired) electrons. The average molecular weight is 332 g/mol. The van der Waals surface area contributed by atoms with Gasteiger partial charge in [-0.1, -0.05) is 41.7 Å². The average Bonchev–Trinajstić information content (AvgIpc) is 3.03. The standard InChI is InChI=1S/C14H12N4O2S2/c15-13-17-16-11(22-13)6-7-18-12(19)10(21-14(18)20)8-9-4-2-1-3-5-9/h1-5,8H,6-7H2,(H2,15,17)/b10-8-. The zero-order valence-corrected chi connectivity index (χ0v) is 13.1. The van der Waals surface area contributed by atoms with E-state index in [2.05, 4.69) is 10.2 Å². The molecule has 22 heavy (non-hydrogen) atoms. The van der Waals surface area contributed by atoms with Crippen LogP contribution in [0, 0.1) is 0 Å². The zero-order chi connectivity index (χ0) is 15.5. The molecule has 0 saturated carbocycles. The summed E-state index contributed by atoms with van der Waals surface area (Å²) in [6.45, 7) is 0.283. The van der Waals surface area contributed by atoms with Crippen LogP contribution in [0.25, 0.3) is 6.08 Å². The van der Waals surface area contributed by atoms with Gasteiger partial charge in [0.05, 0.1) is 4.91 Å².